The Hall–Kier alpha value is -2.82. The second kappa shape index (κ2) is 8.68. The predicted molar refractivity (Wildman–Crippen MR) is 110 cm³/mol. The zero-order valence-corrected chi connectivity index (χ0v) is 17.1. The molecule has 0 aliphatic heterocycles. The van der Waals surface area contributed by atoms with Crippen LogP contribution in [0.15, 0.2) is 54.7 Å². The van der Waals surface area contributed by atoms with E-state index in [0.29, 0.717) is 21.6 Å². The molecular weight excluding hydrogens is 415 g/mol. The highest BCUT2D eigenvalue weighted by Crippen LogP contribution is 2.15. The predicted octanol–water partition coefficient (Wildman–Crippen LogP) is 2.65. The minimum Gasteiger partial charge on any atom is -0.347 e. The average Bonchev–Trinajstić information content (AvgIpc) is 3.09. The fraction of sp³-hybridized carbons (Fsp3) is 0.158. The summed E-state index contributed by atoms with van der Waals surface area (Å²) in [6.07, 6.45) is 1.47. The van der Waals surface area contributed by atoms with E-state index < -0.39 is 21.7 Å². The Morgan fingerprint density at radius 2 is 1.79 bits per heavy atom. The third-order valence-corrected chi connectivity index (χ3v) is 5.92. The Balaban J connectivity index is 1.82. The summed E-state index contributed by atoms with van der Waals surface area (Å²) in [7, 11) is -2.09. The van der Waals surface area contributed by atoms with E-state index in [-0.39, 0.29) is 18.0 Å². The summed E-state index contributed by atoms with van der Waals surface area (Å²) >= 11 is 5.24. The van der Waals surface area contributed by atoms with Gasteiger partial charge in [0.05, 0.1) is 5.75 Å². The standard InChI is InChI=1S/C19H19FN4O3S2/c1-21-29(26,27)12-14-5-3-2-4-13(14)10-22-18(25)17-11-23-19(28)24(17)16-8-6-15(20)7-9-16/h2-9,11,21H,10,12H2,1H3,(H,22,25)(H,23,28). The summed E-state index contributed by atoms with van der Waals surface area (Å²) in [5.41, 5.74) is 2.07. The minimum atomic E-state index is -3.44. The van der Waals surface area contributed by atoms with Crippen LogP contribution in [0, 0.1) is 10.6 Å². The van der Waals surface area contributed by atoms with Crippen molar-refractivity contribution in [3.05, 3.63) is 82.1 Å². The van der Waals surface area contributed by atoms with Crippen molar-refractivity contribution in [3.8, 4) is 5.69 Å². The molecule has 0 atom stereocenters. The van der Waals surface area contributed by atoms with Gasteiger partial charge in [0.2, 0.25) is 10.0 Å². The molecule has 0 fully saturated rings. The van der Waals surface area contributed by atoms with E-state index in [2.05, 4.69) is 15.0 Å². The van der Waals surface area contributed by atoms with Crippen LogP contribution in [0.3, 0.4) is 0 Å². The second-order valence-electron chi connectivity index (χ2n) is 6.21. The summed E-state index contributed by atoms with van der Waals surface area (Å²) < 4.78 is 41.0. The first-order valence-corrected chi connectivity index (χ1v) is 10.7. The number of aromatic nitrogens is 2. The third-order valence-electron chi connectivity index (χ3n) is 4.31. The number of carbonyl (C=O) groups excluding carboxylic acids is 1. The Labute approximate surface area is 172 Å². The molecule has 152 valence electrons. The molecule has 0 radical (unpaired) electrons. The molecule has 0 saturated heterocycles. The van der Waals surface area contributed by atoms with Gasteiger partial charge in [0.15, 0.2) is 4.77 Å². The highest BCUT2D eigenvalue weighted by atomic mass is 32.2. The largest absolute Gasteiger partial charge is 0.347 e. The van der Waals surface area contributed by atoms with Gasteiger partial charge in [-0.3, -0.25) is 9.36 Å². The Morgan fingerprint density at radius 3 is 2.45 bits per heavy atom. The van der Waals surface area contributed by atoms with Crippen LogP contribution >= 0.6 is 12.2 Å². The van der Waals surface area contributed by atoms with Crippen molar-refractivity contribution in [3.63, 3.8) is 0 Å². The van der Waals surface area contributed by atoms with Crippen LogP contribution in [0.5, 0.6) is 0 Å². The summed E-state index contributed by atoms with van der Waals surface area (Å²) in [6, 6.07) is 12.6. The molecule has 10 heteroatoms. The highest BCUT2D eigenvalue weighted by Gasteiger charge is 2.16. The van der Waals surface area contributed by atoms with E-state index in [1.54, 1.807) is 24.3 Å². The van der Waals surface area contributed by atoms with Crippen LogP contribution < -0.4 is 10.0 Å². The maximum absolute atomic E-state index is 13.2. The number of rotatable bonds is 7. The van der Waals surface area contributed by atoms with E-state index in [0.717, 1.165) is 0 Å². The molecule has 1 amide bonds. The molecule has 0 aliphatic carbocycles. The molecule has 2 aromatic carbocycles. The van der Waals surface area contributed by atoms with Gasteiger partial charge in [0.25, 0.3) is 5.91 Å². The minimum absolute atomic E-state index is 0.135. The SMILES string of the molecule is CNS(=O)(=O)Cc1ccccc1CNC(=O)c1c[nH]c(=S)n1-c1ccc(F)cc1. The van der Waals surface area contributed by atoms with Crippen molar-refractivity contribution in [1.29, 1.82) is 0 Å². The normalized spacial score (nSPS) is 11.4. The fourth-order valence-corrected chi connectivity index (χ4v) is 3.89. The Bertz CT molecular complexity index is 1180. The summed E-state index contributed by atoms with van der Waals surface area (Å²) in [5, 5.41) is 2.78. The molecule has 0 unspecified atom stereocenters. The molecule has 1 heterocycles. The van der Waals surface area contributed by atoms with E-state index in [4.69, 9.17) is 12.2 Å². The van der Waals surface area contributed by atoms with Crippen LogP contribution in [0.4, 0.5) is 4.39 Å². The monoisotopic (exact) mass is 434 g/mol. The van der Waals surface area contributed by atoms with Crippen molar-refractivity contribution in [2.75, 3.05) is 7.05 Å². The lowest BCUT2D eigenvalue weighted by Crippen LogP contribution is -2.26. The molecule has 0 aliphatic rings. The molecule has 0 spiro atoms. The Kier molecular flexibility index (Phi) is 6.26. The summed E-state index contributed by atoms with van der Waals surface area (Å²) in [5.74, 6) is -0.992. The van der Waals surface area contributed by atoms with Crippen molar-refractivity contribution < 1.29 is 17.6 Å². The van der Waals surface area contributed by atoms with Gasteiger partial charge in [-0.15, -0.1) is 0 Å². The average molecular weight is 435 g/mol. The fourth-order valence-electron chi connectivity index (χ4n) is 2.80. The number of halogens is 1. The number of H-pyrrole nitrogens is 1. The zero-order chi connectivity index (χ0) is 21.0. The number of nitrogens with one attached hydrogen (secondary N) is 3. The zero-order valence-electron chi connectivity index (χ0n) is 15.5. The number of nitrogens with zero attached hydrogens (tertiary/aromatic N) is 1. The van der Waals surface area contributed by atoms with Crippen molar-refractivity contribution in [2.45, 2.75) is 12.3 Å². The highest BCUT2D eigenvalue weighted by molar-refractivity contribution is 7.88. The number of sulfonamides is 1. The van der Waals surface area contributed by atoms with Gasteiger partial charge in [0.1, 0.15) is 11.5 Å². The molecule has 1 aromatic heterocycles. The van der Waals surface area contributed by atoms with Crippen molar-refractivity contribution in [1.82, 2.24) is 19.6 Å². The molecule has 3 rings (SSSR count). The number of amides is 1. The van der Waals surface area contributed by atoms with Gasteiger partial charge >= 0.3 is 0 Å². The molecule has 0 saturated carbocycles. The van der Waals surface area contributed by atoms with Crippen LogP contribution in [0.1, 0.15) is 21.6 Å². The first-order valence-electron chi connectivity index (χ1n) is 8.63. The van der Waals surface area contributed by atoms with Gasteiger partial charge in [-0.1, -0.05) is 24.3 Å². The van der Waals surface area contributed by atoms with E-state index in [1.165, 1.54) is 42.1 Å². The van der Waals surface area contributed by atoms with Gasteiger partial charge in [-0.2, -0.15) is 0 Å². The quantitative estimate of drug-likeness (QED) is 0.498. The second-order valence-corrected chi connectivity index (χ2v) is 8.52. The van der Waals surface area contributed by atoms with Gasteiger partial charge in [-0.25, -0.2) is 17.5 Å². The van der Waals surface area contributed by atoms with Crippen LogP contribution in [-0.2, 0) is 22.3 Å². The van der Waals surface area contributed by atoms with Gasteiger partial charge < -0.3 is 10.3 Å². The number of hydrogen-bond donors (Lipinski definition) is 3. The van der Waals surface area contributed by atoms with Gasteiger partial charge in [-0.05, 0) is 54.7 Å². The molecule has 0 bridgehead atoms. The van der Waals surface area contributed by atoms with E-state index in [1.807, 2.05) is 0 Å². The van der Waals surface area contributed by atoms with Crippen LogP contribution in [-0.4, -0.2) is 30.9 Å². The number of carbonyl (C=O) groups is 1. The third kappa shape index (κ3) is 4.97. The van der Waals surface area contributed by atoms with Gasteiger partial charge in [0, 0.05) is 18.4 Å². The number of benzene rings is 2. The molecular formula is C19H19FN4O3S2. The number of aromatic amines is 1. The van der Waals surface area contributed by atoms with E-state index >= 15 is 0 Å². The molecule has 7 nitrogen and oxygen atoms in total. The first-order chi connectivity index (χ1) is 13.8. The smallest absolute Gasteiger partial charge is 0.270 e. The lowest BCUT2D eigenvalue weighted by atomic mass is 10.1. The van der Waals surface area contributed by atoms with Crippen LogP contribution in [0.25, 0.3) is 5.69 Å². The maximum atomic E-state index is 13.2. The van der Waals surface area contributed by atoms with E-state index in [9.17, 15) is 17.6 Å². The first kappa shape index (κ1) is 20.9. The Morgan fingerprint density at radius 1 is 1.14 bits per heavy atom. The molecule has 3 N–H and O–H groups in total. The number of hydrogen-bond acceptors (Lipinski definition) is 4. The maximum Gasteiger partial charge on any atom is 0.270 e. The molecule has 29 heavy (non-hydrogen) atoms. The molecule has 3 aromatic rings. The lowest BCUT2D eigenvalue weighted by molar-refractivity contribution is 0.0944. The summed E-state index contributed by atoms with van der Waals surface area (Å²) in [6.45, 7) is 0.135. The van der Waals surface area contributed by atoms with Crippen LogP contribution in [0.2, 0.25) is 0 Å². The lowest BCUT2D eigenvalue weighted by Gasteiger charge is -2.12. The number of imidazole rings is 1. The topological polar surface area (TPSA) is 96.0 Å². The van der Waals surface area contributed by atoms with Crippen molar-refractivity contribution in [2.24, 2.45) is 0 Å². The van der Waals surface area contributed by atoms with Crippen molar-refractivity contribution >= 4 is 28.1 Å². The summed E-state index contributed by atoms with van der Waals surface area (Å²) in [4.78, 5) is 15.6.